The molecule has 0 saturated carbocycles. The van der Waals surface area contributed by atoms with Crippen LogP contribution in [0.25, 0.3) is 0 Å². The van der Waals surface area contributed by atoms with Gasteiger partial charge < -0.3 is 10.1 Å². The summed E-state index contributed by atoms with van der Waals surface area (Å²) in [4.78, 5) is 14.0. The number of hydrogen-bond acceptors (Lipinski definition) is 3. The van der Waals surface area contributed by atoms with Gasteiger partial charge in [-0.15, -0.1) is 0 Å². The molecule has 100 valence electrons. The van der Waals surface area contributed by atoms with E-state index in [2.05, 4.69) is 24.1 Å². The molecule has 0 aromatic carbocycles. The van der Waals surface area contributed by atoms with Gasteiger partial charge in [-0.1, -0.05) is 0 Å². The predicted octanol–water partition coefficient (Wildman–Crippen LogP) is 2.38. The lowest BCUT2D eigenvalue weighted by molar-refractivity contribution is 0.0461. The zero-order valence-corrected chi connectivity index (χ0v) is 11.7. The number of carbonyl (C=O) groups excluding carboxylic acids is 1. The van der Waals surface area contributed by atoms with Crippen LogP contribution in [0.4, 0.5) is 4.79 Å². The molecule has 1 amide bonds. The Morgan fingerprint density at radius 3 is 2.59 bits per heavy atom. The van der Waals surface area contributed by atoms with Crippen LogP contribution in [0.3, 0.4) is 0 Å². The second kappa shape index (κ2) is 5.71. The van der Waals surface area contributed by atoms with Crippen LogP contribution < -0.4 is 5.32 Å². The van der Waals surface area contributed by atoms with Gasteiger partial charge in [0.25, 0.3) is 0 Å². The molecule has 0 aromatic rings. The summed E-state index contributed by atoms with van der Waals surface area (Å²) < 4.78 is 5.27. The Morgan fingerprint density at radius 2 is 2.06 bits per heavy atom. The molecule has 1 aliphatic rings. The van der Waals surface area contributed by atoms with Gasteiger partial charge in [-0.05, 0) is 54.0 Å². The summed E-state index contributed by atoms with van der Waals surface area (Å²) in [6.07, 6.45) is 1.88. The van der Waals surface area contributed by atoms with E-state index in [-0.39, 0.29) is 12.1 Å². The Kier molecular flexibility index (Phi) is 4.80. The number of hydrogen-bond donors (Lipinski definition) is 1. The summed E-state index contributed by atoms with van der Waals surface area (Å²) in [6.45, 7) is 12.1. The molecule has 0 radical (unpaired) electrons. The van der Waals surface area contributed by atoms with Gasteiger partial charge in [-0.3, -0.25) is 4.90 Å². The third-order valence-electron chi connectivity index (χ3n) is 2.90. The van der Waals surface area contributed by atoms with Gasteiger partial charge in [0.2, 0.25) is 0 Å². The molecule has 1 atom stereocenters. The van der Waals surface area contributed by atoms with Gasteiger partial charge in [0.15, 0.2) is 0 Å². The maximum Gasteiger partial charge on any atom is 0.407 e. The summed E-state index contributed by atoms with van der Waals surface area (Å²) in [5, 5.41) is 2.96. The SMILES string of the molecule is CC(C)N1CCCC(NC(=O)OC(C)(C)C)C1. The highest BCUT2D eigenvalue weighted by atomic mass is 16.6. The van der Waals surface area contributed by atoms with Crippen molar-refractivity contribution in [2.24, 2.45) is 0 Å². The van der Waals surface area contributed by atoms with Crippen molar-refractivity contribution in [3.63, 3.8) is 0 Å². The van der Waals surface area contributed by atoms with Crippen LogP contribution in [-0.4, -0.2) is 41.8 Å². The molecule has 4 nitrogen and oxygen atoms in total. The highest BCUT2D eigenvalue weighted by Crippen LogP contribution is 2.14. The molecule has 17 heavy (non-hydrogen) atoms. The summed E-state index contributed by atoms with van der Waals surface area (Å²) in [5.74, 6) is 0. The van der Waals surface area contributed by atoms with Crippen LogP contribution in [0, 0.1) is 0 Å². The number of carbonyl (C=O) groups is 1. The second-order valence-electron chi connectivity index (χ2n) is 6.07. The minimum atomic E-state index is -0.420. The van der Waals surface area contributed by atoms with E-state index in [4.69, 9.17) is 4.74 Å². The number of nitrogens with one attached hydrogen (secondary N) is 1. The largest absolute Gasteiger partial charge is 0.444 e. The summed E-state index contributed by atoms with van der Waals surface area (Å²) in [7, 11) is 0. The van der Waals surface area contributed by atoms with Crippen molar-refractivity contribution in [3.8, 4) is 0 Å². The number of alkyl carbamates (subject to hydrolysis) is 1. The Bertz CT molecular complexity index is 259. The van der Waals surface area contributed by atoms with E-state index in [9.17, 15) is 4.79 Å². The van der Waals surface area contributed by atoms with Gasteiger partial charge in [-0.2, -0.15) is 0 Å². The highest BCUT2D eigenvalue weighted by molar-refractivity contribution is 5.68. The molecule has 0 bridgehead atoms. The van der Waals surface area contributed by atoms with Crippen LogP contribution in [0.15, 0.2) is 0 Å². The summed E-state index contributed by atoms with van der Waals surface area (Å²) in [5.41, 5.74) is -0.420. The number of likely N-dealkylation sites (tertiary alicyclic amines) is 1. The van der Waals surface area contributed by atoms with Gasteiger partial charge >= 0.3 is 6.09 Å². The fraction of sp³-hybridized carbons (Fsp3) is 0.923. The van der Waals surface area contributed by atoms with Crippen molar-refractivity contribution in [1.29, 1.82) is 0 Å². The van der Waals surface area contributed by atoms with Crippen LogP contribution in [0.2, 0.25) is 0 Å². The highest BCUT2D eigenvalue weighted by Gasteiger charge is 2.24. The third-order valence-corrected chi connectivity index (χ3v) is 2.90. The minimum Gasteiger partial charge on any atom is -0.444 e. The molecule has 1 N–H and O–H groups in total. The van der Waals surface area contributed by atoms with Crippen molar-refractivity contribution in [1.82, 2.24) is 10.2 Å². The molecule has 1 fully saturated rings. The number of piperidine rings is 1. The average molecular weight is 242 g/mol. The normalized spacial score (nSPS) is 22.6. The predicted molar refractivity (Wildman–Crippen MR) is 69.1 cm³/mol. The molecule has 0 aliphatic carbocycles. The lowest BCUT2D eigenvalue weighted by Gasteiger charge is -2.35. The molecule has 0 aromatic heterocycles. The Hall–Kier alpha value is -0.770. The van der Waals surface area contributed by atoms with E-state index in [1.807, 2.05) is 20.8 Å². The summed E-state index contributed by atoms with van der Waals surface area (Å²) >= 11 is 0. The molecule has 1 rings (SSSR count). The molecule has 1 heterocycles. The first-order chi connectivity index (χ1) is 7.78. The number of rotatable bonds is 2. The van der Waals surface area contributed by atoms with Crippen LogP contribution in [0.1, 0.15) is 47.5 Å². The molecule has 1 aliphatic heterocycles. The number of nitrogens with zero attached hydrogens (tertiary/aromatic N) is 1. The molecular weight excluding hydrogens is 216 g/mol. The van der Waals surface area contributed by atoms with Crippen molar-refractivity contribution < 1.29 is 9.53 Å². The van der Waals surface area contributed by atoms with Crippen LogP contribution >= 0.6 is 0 Å². The monoisotopic (exact) mass is 242 g/mol. The average Bonchev–Trinajstić information content (AvgIpc) is 2.14. The van der Waals surface area contributed by atoms with E-state index < -0.39 is 5.60 Å². The Morgan fingerprint density at radius 1 is 1.41 bits per heavy atom. The Balaban J connectivity index is 2.38. The van der Waals surface area contributed by atoms with Gasteiger partial charge in [0, 0.05) is 18.6 Å². The lowest BCUT2D eigenvalue weighted by Crippen LogP contribution is -2.50. The molecule has 1 saturated heterocycles. The minimum absolute atomic E-state index is 0.223. The quantitative estimate of drug-likeness (QED) is 0.808. The Labute approximate surface area is 105 Å². The zero-order valence-electron chi connectivity index (χ0n) is 11.7. The standard InChI is InChI=1S/C13H26N2O2/c1-10(2)15-8-6-7-11(9-15)14-12(16)17-13(3,4)5/h10-11H,6-9H2,1-5H3,(H,14,16). The lowest BCUT2D eigenvalue weighted by atomic mass is 10.0. The number of amides is 1. The fourth-order valence-corrected chi connectivity index (χ4v) is 2.07. The smallest absolute Gasteiger partial charge is 0.407 e. The van der Waals surface area contributed by atoms with Crippen molar-refractivity contribution >= 4 is 6.09 Å². The van der Waals surface area contributed by atoms with E-state index in [0.717, 1.165) is 25.9 Å². The van der Waals surface area contributed by atoms with Crippen LogP contribution in [0.5, 0.6) is 0 Å². The number of ether oxygens (including phenoxy) is 1. The van der Waals surface area contributed by atoms with E-state index >= 15 is 0 Å². The molecular formula is C13H26N2O2. The van der Waals surface area contributed by atoms with Gasteiger partial charge in [0.05, 0.1) is 0 Å². The van der Waals surface area contributed by atoms with E-state index in [1.54, 1.807) is 0 Å². The fourth-order valence-electron chi connectivity index (χ4n) is 2.07. The molecule has 1 unspecified atom stereocenters. The molecule has 4 heteroatoms. The molecule has 0 spiro atoms. The first-order valence-corrected chi connectivity index (χ1v) is 6.51. The van der Waals surface area contributed by atoms with E-state index in [1.165, 1.54) is 0 Å². The van der Waals surface area contributed by atoms with E-state index in [0.29, 0.717) is 6.04 Å². The zero-order chi connectivity index (χ0) is 13.1. The van der Waals surface area contributed by atoms with Crippen molar-refractivity contribution in [2.45, 2.75) is 65.1 Å². The van der Waals surface area contributed by atoms with Crippen molar-refractivity contribution in [2.75, 3.05) is 13.1 Å². The van der Waals surface area contributed by atoms with Crippen LogP contribution in [-0.2, 0) is 4.74 Å². The first-order valence-electron chi connectivity index (χ1n) is 6.51. The second-order valence-corrected chi connectivity index (χ2v) is 6.07. The first kappa shape index (κ1) is 14.3. The third kappa shape index (κ3) is 5.39. The topological polar surface area (TPSA) is 41.6 Å². The van der Waals surface area contributed by atoms with Crippen molar-refractivity contribution in [3.05, 3.63) is 0 Å². The van der Waals surface area contributed by atoms with Gasteiger partial charge in [-0.25, -0.2) is 4.79 Å². The summed E-state index contributed by atoms with van der Waals surface area (Å²) in [6, 6.07) is 0.763. The maximum absolute atomic E-state index is 11.7. The van der Waals surface area contributed by atoms with Gasteiger partial charge in [0.1, 0.15) is 5.60 Å². The maximum atomic E-state index is 11.7.